The van der Waals surface area contributed by atoms with E-state index in [2.05, 4.69) is 10.1 Å². The Morgan fingerprint density at radius 2 is 2.09 bits per heavy atom. The Morgan fingerprint density at radius 1 is 1.36 bits per heavy atom. The van der Waals surface area contributed by atoms with Crippen molar-refractivity contribution in [3.8, 4) is 11.3 Å². The number of rotatable bonds is 3. The number of carbonyl (C=O) groups is 1. The van der Waals surface area contributed by atoms with E-state index in [0.717, 1.165) is 0 Å². The van der Waals surface area contributed by atoms with Crippen molar-refractivity contribution < 1.29 is 65.7 Å². The summed E-state index contributed by atoms with van der Waals surface area (Å²) in [6, 6.07) is 7.70. The molecular weight excluding hydrogens is 312 g/mol. The standard InChI is InChI=1S/C15H12FN3O2.K/c1-2-9-7-12(15(20)21)18-19-8-13(17-14(9)19)10-5-3-4-6-11(10)16;/h3-8H,2H2,1H3,(H,20,21);/q;+1/p-1. The van der Waals surface area contributed by atoms with Crippen molar-refractivity contribution in [1.82, 2.24) is 14.6 Å². The van der Waals surface area contributed by atoms with Crippen LogP contribution in [0.2, 0.25) is 0 Å². The molecular formula is C15H11FKN3O2. The van der Waals surface area contributed by atoms with Crippen LogP contribution in [0.15, 0.2) is 36.5 Å². The molecule has 0 saturated carbocycles. The summed E-state index contributed by atoms with van der Waals surface area (Å²) in [6.45, 7) is 1.88. The summed E-state index contributed by atoms with van der Waals surface area (Å²) in [5, 5.41) is 14.9. The van der Waals surface area contributed by atoms with Gasteiger partial charge in [-0.2, -0.15) is 5.10 Å². The molecule has 0 amide bonds. The Labute approximate surface area is 168 Å². The fourth-order valence-corrected chi connectivity index (χ4v) is 2.20. The molecule has 1 aromatic carbocycles. The van der Waals surface area contributed by atoms with Gasteiger partial charge in [0.2, 0.25) is 0 Å². The van der Waals surface area contributed by atoms with E-state index in [-0.39, 0.29) is 62.9 Å². The molecule has 7 heteroatoms. The second-order valence-corrected chi connectivity index (χ2v) is 4.57. The number of aromatic carboxylic acids is 1. The van der Waals surface area contributed by atoms with E-state index in [1.165, 1.54) is 22.8 Å². The van der Waals surface area contributed by atoms with Crippen LogP contribution in [-0.2, 0) is 6.42 Å². The molecule has 0 aliphatic carbocycles. The molecule has 0 N–H and O–H groups in total. The van der Waals surface area contributed by atoms with Gasteiger partial charge in [-0.3, -0.25) is 0 Å². The van der Waals surface area contributed by atoms with Crippen molar-refractivity contribution in [2.45, 2.75) is 13.3 Å². The Hall–Kier alpha value is -1.12. The number of carbonyl (C=O) groups excluding carboxylic acids is 1. The number of hydrogen-bond acceptors (Lipinski definition) is 4. The molecule has 22 heavy (non-hydrogen) atoms. The molecule has 5 nitrogen and oxygen atoms in total. The zero-order chi connectivity index (χ0) is 15.0. The maximum atomic E-state index is 13.8. The van der Waals surface area contributed by atoms with Crippen molar-refractivity contribution in [2.75, 3.05) is 0 Å². The van der Waals surface area contributed by atoms with E-state index in [4.69, 9.17) is 0 Å². The van der Waals surface area contributed by atoms with Gasteiger partial charge >= 0.3 is 51.4 Å². The second kappa shape index (κ2) is 6.97. The monoisotopic (exact) mass is 323 g/mol. The van der Waals surface area contributed by atoms with Crippen molar-refractivity contribution in [3.05, 3.63) is 53.6 Å². The summed E-state index contributed by atoms with van der Waals surface area (Å²) >= 11 is 0. The third kappa shape index (κ3) is 3.13. The minimum Gasteiger partial charge on any atom is -0.543 e. The first-order valence-electron chi connectivity index (χ1n) is 6.45. The van der Waals surface area contributed by atoms with Crippen LogP contribution in [0.1, 0.15) is 23.0 Å². The van der Waals surface area contributed by atoms with Gasteiger partial charge in [-0.15, -0.1) is 0 Å². The van der Waals surface area contributed by atoms with Gasteiger partial charge in [0.1, 0.15) is 11.5 Å². The minimum absolute atomic E-state index is 0. The number of aryl methyl sites for hydroxylation is 1. The topological polar surface area (TPSA) is 70.3 Å². The first-order chi connectivity index (χ1) is 10.1. The normalized spacial score (nSPS) is 10.5. The van der Waals surface area contributed by atoms with Crippen LogP contribution < -0.4 is 56.5 Å². The Bertz CT molecular complexity index is 848. The predicted molar refractivity (Wildman–Crippen MR) is 72.1 cm³/mol. The van der Waals surface area contributed by atoms with Crippen LogP contribution in [0.5, 0.6) is 0 Å². The summed E-state index contributed by atoms with van der Waals surface area (Å²) < 4.78 is 15.2. The van der Waals surface area contributed by atoms with E-state index < -0.39 is 5.97 Å². The van der Waals surface area contributed by atoms with Crippen LogP contribution in [0.4, 0.5) is 4.39 Å². The van der Waals surface area contributed by atoms with Crippen LogP contribution in [0, 0.1) is 5.82 Å². The SMILES string of the molecule is CCc1cc(C(=O)[O-])nn2cc(-c3ccccc3F)nc12.[K+]. The molecule has 2 aromatic heterocycles. The second-order valence-electron chi connectivity index (χ2n) is 4.57. The first kappa shape index (κ1) is 17.2. The smallest absolute Gasteiger partial charge is 0.543 e. The van der Waals surface area contributed by atoms with E-state index in [1.807, 2.05) is 6.92 Å². The maximum absolute atomic E-state index is 13.8. The van der Waals surface area contributed by atoms with Crippen molar-refractivity contribution >= 4 is 11.6 Å². The summed E-state index contributed by atoms with van der Waals surface area (Å²) in [5.41, 5.74) is 1.82. The number of fused-ring (bicyclic) bond motifs is 1. The molecule has 0 unspecified atom stereocenters. The summed E-state index contributed by atoms with van der Waals surface area (Å²) in [4.78, 5) is 15.3. The average molecular weight is 323 g/mol. The average Bonchev–Trinajstić information content (AvgIpc) is 2.90. The van der Waals surface area contributed by atoms with E-state index in [0.29, 0.717) is 28.9 Å². The predicted octanol–water partition coefficient (Wildman–Crippen LogP) is -1.53. The zero-order valence-corrected chi connectivity index (χ0v) is 15.3. The number of halogens is 1. The third-order valence-electron chi connectivity index (χ3n) is 3.24. The molecule has 0 atom stereocenters. The van der Waals surface area contributed by atoms with Gasteiger partial charge in [0, 0.05) is 5.56 Å². The van der Waals surface area contributed by atoms with Crippen molar-refractivity contribution in [1.29, 1.82) is 0 Å². The van der Waals surface area contributed by atoms with Gasteiger partial charge in [-0.1, -0.05) is 19.1 Å². The Balaban J connectivity index is 0.00000176. The molecule has 0 aliphatic heterocycles. The summed E-state index contributed by atoms with van der Waals surface area (Å²) in [6.07, 6.45) is 2.10. The minimum atomic E-state index is -1.35. The first-order valence-corrected chi connectivity index (χ1v) is 6.45. The molecule has 0 bridgehead atoms. The largest absolute Gasteiger partial charge is 1.00 e. The Morgan fingerprint density at radius 3 is 2.73 bits per heavy atom. The molecule has 0 saturated heterocycles. The number of benzene rings is 1. The summed E-state index contributed by atoms with van der Waals surface area (Å²) in [7, 11) is 0. The zero-order valence-electron chi connectivity index (χ0n) is 12.2. The van der Waals surface area contributed by atoms with Crippen LogP contribution in [0.25, 0.3) is 16.9 Å². The molecule has 3 aromatic rings. The number of aromatic nitrogens is 3. The molecule has 0 spiro atoms. The van der Waals surface area contributed by atoms with Crippen LogP contribution in [-0.4, -0.2) is 20.6 Å². The van der Waals surface area contributed by atoms with E-state index in [9.17, 15) is 14.3 Å². The number of carboxylic acid groups (broad SMARTS) is 1. The van der Waals surface area contributed by atoms with Gasteiger partial charge in [0.05, 0.1) is 17.9 Å². The van der Waals surface area contributed by atoms with Crippen molar-refractivity contribution in [3.63, 3.8) is 0 Å². The van der Waals surface area contributed by atoms with Gasteiger partial charge in [-0.05, 0) is 30.2 Å². The van der Waals surface area contributed by atoms with E-state index in [1.54, 1.807) is 18.2 Å². The molecule has 0 radical (unpaired) electrons. The van der Waals surface area contributed by atoms with Crippen molar-refractivity contribution in [2.24, 2.45) is 0 Å². The fourth-order valence-electron chi connectivity index (χ4n) is 2.20. The van der Waals surface area contributed by atoms with Crippen LogP contribution >= 0.6 is 0 Å². The molecule has 106 valence electrons. The quantitative estimate of drug-likeness (QED) is 0.548. The van der Waals surface area contributed by atoms with E-state index >= 15 is 0 Å². The van der Waals surface area contributed by atoms with Crippen LogP contribution in [0.3, 0.4) is 0 Å². The Kier molecular flexibility index (Phi) is 5.46. The number of nitrogens with zero attached hydrogens (tertiary/aromatic N) is 3. The third-order valence-corrected chi connectivity index (χ3v) is 3.24. The number of carboxylic acids is 1. The molecule has 0 aliphatic rings. The number of imidazole rings is 1. The maximum Gasteiger partial charge on any atom is 1.00 e. The van der Waals surface area contributed by atoms with Gasteiger partial charge < -0.3 is 9.90 Å². The molecule has 2 heterocycles. The van der Waals surface area contributed by atoms with Gasteiger partial charge in [-0.25, -0.2) is 13.9 Å². The van der Waals surface area contributed by atoms with Gasteiger partial charge in [0.15, 0.2) is 5.65 Å². The number of hydrogen-bond donors (Lipinski definition) is 0. The van der Waals surface area contributed by atoms with Gasteiger partial charge in [0.25, 0.3) is 0 Å². The molecule has 3 rings (SSSR count). The molecule has 0 fully saturated rings. The fraction of sp³-hybridized carbons (Fsp3) is 0.133. The summed E-state index contributed by atoms with van der Waals surface area (Å²) in [5.74, 6) is -1.74.